The maximum absolute atomic E-state index is 13.6. The number of hydrogen-bond acceptors (Lipinski definition) is 10. The summed E-state index contributed by atoms with van der Waals surface area (Å²) in [5.74, 6) is -2.07. The highest BCUT2D eigenvalue weighted by atomic mass is 35.5. The van der Waals surface area contributed by atoms with E-state index in [-0.39, 0.29) is 87.3 Å². The first-order valence-electron chi connectivity index (χ1n) is 18.5. The van der Waals surface area contributed by atoms with E-state index in [0.717, 1.165) is 48.9 Å². The Labute approximate surface area is 339 Å². The molecule has 1 unspecified atom stereocenters. The Morgan fingerprint density at radius 2 is 1.52 bits per heavy atom. The van der Waals surface area contributed by atoms with Crippen molar-refractivity contribution in [1.82, 2.24) is 34.3 Å². The summed E-state index contributed by atoms with van der Waals surface area (Å²) >= 11 is 12.4. The van der Waals surface area contributed by atoms with Crippen LogP contribution in [0.3, 0.4) is 0 Å². The van der Waals surface area contributed by atoms with Gasteiger partial charge >= 0.3 is 16.4 Å². The third-order valence-corrected chi connectivity index (χ3v) is 13.6. The lowest BCUT2D eigenvalue weighted by Crippen LogP contribution is -2.71. The highest BCUT2D eigenvalue weighted by Crippen LogP contribution is 2.38. The minimum Gasteiger partial charge on any atom is -0.368 e. The number of imide groups is 2. The Kier molecular flexibility index (Phi) is 9.48. The Balaban J connectivity index is 0.778. The number of fused-ring (bicyclic) bond motifs is 2. The molecule has 5 aliphatic heterocycles. The molecule has 9 rings (SSSR count). The number of anilines is 2. The van der Waals surface area contributed by atoms with Crippen LogP contribution >= 0.6 is 23.2 Å². The van der Waals surface area contributed by atoms with Gasteiger partial charge in [-0.1, -0.05) is 23.2 Å². The number of nitrogens with one attached hydrogen (secondary N) is 3. The van der Waals surface area contributed by atoms with Crippen molar-refractivity contribution < 1.29 is 40.8 Å². The van der Waals surface area contributed by atoms with Crippen LogP contribution in [0.15, 0.2) is 48.5 Å². The first-order valence-corrected chi connectivity index (χ1v) is 20.7. The molecule has 0 saturated carbocycles. The number of piperidine rings is 1. The van der Waals surface area contributed by atoms with Crippen LogP contribution in [0.2, 0.25) is 10.0 Å². The molecular weight excluding hydrogens is 826 g/mol. The largest absolute Gasteiger partial charge is 0.416 e. The normalized spacial score (nSPS) is 21.7. The van der Waals surface area contributed by atoms with Crippen molar-refractivity contribution in [3.63, 3.8) is 0 Å². The van der Waals surface area contributed by atoms with E-state index in [4.69, 9.17) is 23.2 Å². The van der Waals surface area contributed by atoms with Crippen molar-refractivity contribution in [2.45, 2.75) is 37.1 Å². The van der Waals surface area contributed by atoms with Gasteiger partial charge in [-0.2, -0.15) is 25.9 Å². The number of hydrogen-bond donors (Lipinski definition) is 3. The van der Waals surface area contributed by atoms with E-state index >= 15 is 0 Å². The highest BCUT2D eigenvalue weighted by Gasteiger charge is 2.46. The summed E-state index contributed by atoms with van der Waals surface area (Å²) in [4.78, 5) is 65.2. The maximum Gasteiger partial charge on any atom is 0.416 e. The Morgan fingerprint density at radius 1 is 0.810 bits per heavy atom. The zero-order chi connectivity index (χ0) is 40.8. The molecule has 4 amide bonds. The number of rotatable bonds is 8. The van der Waals surface area contributed by atoms with Gasteiger partial charge in [-0.25, -0.2) is 4.98 Å². The average molecular weight is 861 g/mol. The van der Waals surface area contributed by atoms with Gasteiger partial charge in [0.15, 0.2) is 0 Å². The van der Waals surface area contributed by atoms with Gasteiger partial charge in [-0.05, 0) is 55.0 Å². The van der Waals surface area contributed by atoms with Crippen molar-refractivity contribution >= 4 is 79.4 Å². The number of H-pyrrole nitrogens is 1. The fourth-order valence-corrected chi connectivity index (χ4v) is 9.91. The average Bonchev–Trinajstić information content (AvgIpc) is 3.68. The number of nitrogens with zero attached hydrogens (tertiary/aromatic N) is 6. The molecule has 4 aromatic rings. The van der Waals surface area contributed by atoms with Crippen molar-refractivity contribution in [1.29, 1.82) is 0 Å². The molecule has 4 saturated heterocycles. The summed E-state index contributed by atoms with van der Waals surface area (Å²) < 4.78 is 71.4. The van der Waals surface area contributed by atoms with Crippen LogP contribution in [0.5, 0.6) is 0 Å². The number of benzene rings is 3. The van der Waals surface area contributed by atoms with E-state index in [1.807, 2.05) is 0 Å². The summed E-state index contributed by atoms with van der Waals surface area (Å²) in [6.45, 7) is 4.62. The summed E-state index contributed by atoms with van der Waals surface area (Å²) in [6, 6.07) is 10.7. The van der Waals surface area contributed by atoms with Gasteiger partial charge in [0.2, 0.25) is 11.8 Å². The van der Waals surface area contributed by atoms with E-state index in [1.54, 1.807) is 18.2 Å². The van der Waals surface area contributed by atoms with Gasteiger partial charge in [0.25, 0.3) is 11.8 Å². The van der Waals surface area contributed by atoms with E-state index < -0.39 is 51.6 Å². The fraction of sp³-hybridized carbons (Fsp3) is 0.378. The lowest BCUT2D eigenvalue weighted by atomic mass is 9.97. The first-order chi connectivity index (χ1) is 27.5. The number of piperazine rings is 1. The number of likely N-dealkylation sites (tertiary alicyclic amines) is 1. The summed E-state index contributed by atoms with van der Waals surface area (Å²) in [7, 11) is -4.05. The number of imidazole rings is 1. The topological polar surface area (TPSA) is 171 Å². The molecule has 21 heteroatoms. The number of carbonyl (C=O) groups is 4. The lowest BCUT2D eigenvalue weighted by Gasteiger charge is -2.55. The minimum absolute atomic E-state index is 0.0287. The summed E-state index contributed by atoms with van der Waals surface area (Å²) in [6.07, 6.45) is -4.48. The van der Waals surface area contributed by atoms with Gasteiger partial charge in [0.05, 0.1) is 32.9 Å². The molecule has 1 atom stereocenters. The van der Waals surface area contributed by atoms with Crippen LogP contribution in [0.1, 0.15) is 39.1 Å². The smallest absolute Gasteiger partial charge is 0.368 e. The van der Waals surface area contributed by atoms with Gasteiger partial charge in [0.1, 0.15) is 17.4 Å². The third-order valence-electron chi connectivity index (χ3n) is 11.5. The number of aromatic nitrogens is 2. The summed E-state index contributed by atoms with van der Waals surface area (Å²) in [5.41, 5.74) is 0.819. The third kappa shape index (κ3) is 6.86. The van der Waals surface area contributed by atoms with Gasteiger partial charge < -0.3 is 9.88 Å². The predicted octanol–water partition coefficient (Wildman–Crippen LogP) is 3.80. The zero-order valence-electron chi connectivity index (χ0n) is 30.4. The van der Waals surface area contributed by atoms with Crippen LogP contribution in [-0.2, 0) is 26.0 Å². The second kappa shape index (κ2) is 14.2. The molecule has 0 spiro atoms. The van der Waals surface area contributed by atoms with E-state index in [9.17, 15) is 40.8 Å². The molecule has 58 heavy (non-hydrogen) atoms. The SMILES string of the molecule is O=C1CCC(N2C(=O)c3ccc(N4CC(N5CC(N6CCN(S(=O)(=O)Nc7ccc(Cl)cc7-c7nc8c(Cl)cc(C(F)(F)F)cc8[nH]7)CC6)C5)C4)cc3C2=O)C(=O)N1. The fourth-order valence-electron chi connectivity index (χ4n) is 8.25. The van der Waals surface area contributed by atoms with E-state index in [0.29, 0.717) is 13.1 Å². The highest BCUT2D eigenvalue weighted by molar-refractivity contribution is 7.90. The van der Waals surface area contributed by atoms with Crippen molar-refractivity contribution in [3.8, 4) is 11.4 Å². The van der Waals surface area contributed by atoms with Crippen LogP contribution < -0.4 is 14.9 Å². The van der Waals surface area contributed by atoms with Crippen LogP contribution in [0.25, 0.3) is 22.4 Å². The van der Waals surface area contributed by atoms with Crippen molar-refractivity contribution in [2.24, 2.45) is 0 Å². The van der Waals surface area contributed by atoms with Gasteiger partial charge in [-0.15, -0.1) is 0 Å². The van der Waals surface area contributed by atoms with Crippen LogP contribution in [0.4, 0.5) is 24.5 Å². The van der Waals surface area contributed by atoms with Crippen LogP contribution in [0, 0.1) is 0 Å². The molecule has 6 heterocycles. The standard InChI is InChI=1S/C37H34Cl2F3N9O6S/c38-20-1-4-28(26(13-20)33-43-29-12-19(37(40,41)42)11-27(39)32(29)45-33)46-58(56,57)50-9-7-47(8-10-50)22-15-49(16-22)23-17-48(18-23)21-2-3-24-25(14-21)36(55)51(35(24)54)30-5-6-31(52)44-34(30)53/h1-4,11-14,22-23,30,46H,5-10,15-18H2,(H,43,45)(H,44,52,53). The number of amides is 4. The predicted molar refractivity (Wildman–Crippen MR) is 207 cm³/mol. The molecule has 304 valence electrons. The Morgan fingerprint density at radius 3 is 2.22 bits per heavy atom. The summed E-state index contributed by atoms with van der Waals surface area (Å²) in [5, 5.41) is 2.25. The quantitative estimate of drug-likeness (QED) is 0.222. The molecular formula is C37H34Cl2F3N9O6S. The van der Waals surface area contributed by atoms with Crippen molar-refractivity contribution in [3.05, 3.63) is 75.3 Å². The van der Waals surface area contributed by atoms with Gasteiger partial charge in [0, 0.05) is 87.1 Å². The number of alkyl halides is 3. The molecule has 4 fully saturated rings. The number of halogens is 5. The lowest BCUT2D eigenvalue weighted by molar-refractivity contribution is -0.138. The number of aromatic amines is 1. The second-order valence-corrected chi connectivity index (χ2v) is 17.5. The Bertz CT molecular complexity index is 2520. The zero-order valence-corrected chi connectivity index (χ0v) is 32.7. The first kappa shape index (κ1) is 38.7. The van der Waals surface area contributed by atoms with Gasteiger partial charge in [-0.3, -0.25) is 43.9 Å². The van der Waals surface area contributed by atoms with E-state index in [2.05, 4.69) is 34.7 Å². The molecule has 0 radical (unpaired) electrons. The molecule has 1 aromatic heterocycles. The van der Waals surface area contributed by atoms with Crippen LogP contribution in [-0.4, -0.2) is 132 Å². The molecule has 5 aliphatic rings. The monoisotopic (exact) mass is 859 g/mol. The molecule has 0 bridgehead atoms. The molecule has 3 aromatic carbocycles. The molecule has 15 nitrogen and oxygen atoms in total. The minimum atomic E-state index is -4.63. The van der Waals surface area contributed by atoms with E-state index in [1.165, 1.54) is 22.5 Å². The molecule has 3 N–H and O–H groups in total. The molecule has 0 aliphatic carbocycles. The Hall–Kier alpha value is -4.79. The van der Waals surface area contributed by atoms with Crippen molar-refractivity contribution in [2.75, 3.05) is 62.0 Å². The maximum atomic E-state index is 13.6. The number of carbonyl (C=O) groups excluding carboxylic acids is 4. The second-order valence-electron chi connectivity index (χ2n) is 15.0.